The number of rotatable bonds is 7. The highest BCUT2D eigenvalue weighted by molar-refractivity contribution is 7.80. The van der Waals surface area contributed by atoms with Crippen LogP contribution in [0.3, 0.4) is 0 Å². The third-order valence-electron chi connectivity index (χ3n) is 5.15. The number of non-ortho nitro benzene ring substituents is 1. The third-order valence-corrected chi connectivity index (χ3v) is 5.82. The summed E-state index contributed by atoms with van der Waals surface area (Å²) in [5.74, 6) is 0.467. The fourth-order valence-electron chi connectivity index (χ4n) is 3.30. The van der Waals surface area contributed by atoms with Gasteiger partial charge in [0.1, 0.15) is 5.75 Å². The van der Waals surface area contributed by atoms with Crippen molar-refractivity contribution in [3.8, 4) is 5.75 Å². The molecule has 0 unspecified atom stereocenters. The summed E-state index contributed by atoms with van der Waals surface area (Å²) >= 11 is 11.7. The maximum atomic E-state index is 12.5. The summed E-state index contributed by atoms with van der Waals surface area (Å²) in [5, 5.41) is 14.4. The van der Waals surface area contributed by atoms with Crippen molar-refractivity contribution in [1.82, 2.24) is 10.2 Å². The van der Waals surface area contributed by atoms with Gasteiger partial charge in [-0.15, -0.1) is 0 Å². The number of anilines is 1. The first-order valence-electron chi connectivity index (χ1n) is 10.4. The van der Waals surface area contributed by atoms with Gasteiger partial charge < -0.3 is 14.5 Å². The Bertz CT molecular complexity index is 978. The summed E-state index contributed by atoms with van der Waals surface area (Å²) in [6.45, 7) is 5.19. The van der Waals surface area contributed by atoms with E-state index in [0.717, 1.165) is 24.3 Å². The molecule has 0 radical (unpaired) electrons. The van der Waals surface area contributed by atoms with E-state index >= 15 is 0 Å². The predicted molar refractivity (Wildman–Crippen MR) is 129 cm³/mol. The molecule has 8 nitrogen and oxygen atoms in total. The van der Waals surface area contributed by atoms with Crippen molar-refractivity contribution in [1.29, 1.82) is 0 Å². The number of carbonyl (C=O) groups is 1. The van der Waals surface area contributed by atoms with E-state index in [1.54, 1.807) is 30.3 Å². The zero-order chi connectivity index (χ0) is 23.1. The number of carbonyl (C=O) groups excluding carboxylic acids is 1. The van der Waals surface area contributed by atoms with Crippen LogP contribution in [0.2, 0.25) is 5.02 Å². The van der Waals surface area contributed by atoms with E-state index in [1.807, 2.05) is 9.80 Å². The van der Waals surface area contributed by atoms with Crippen LogP contribution in [0.1, 0.15) is 30.1 Å². The molecule has 1 aliphatic heterocycles. The van der Waals surface area contributed by atoms with E-state index in [2.05, 4.69) is 12.2 Å². The van der Waals surface area contributed by atoms with Gasteiger partial charge in [0.25, 0.3) is 11.6 Å². The van der Waals surface area contributed by atoms with E-state index < -0.39 is 4.92 Å². The number of amides is 1. The van der Waals surface area contributed by atoms with Crippen molar-refractivity contribution in [2.75, 3.05) is 37.7 Å². The molecule has 0 atom stereocenters. The molecule has 3 rings (SSSR count). The second kappa shape index (κ2) is 11.1. The third kappa shape index (κ3) is 6.08. The first kappa shape index (κ1) is 23.7. The van der Waals surface area contributed by atoms with Crippen LogP contribution in [0.25, 0.3) is 0 Å². The van der Waals surface area contributed by atoms with Gasteiger partial charge in [-0.05, 0) is 49.0 Å². The van der Waals surface area contributed by atoms with Crippen LogP contribution in [0.4, 0.5) is 11.4 Å². The zero-order valence-corrected chi connectivity index (χ0v) is 19.3. The van der Waals surface area contributed by atoms with Crippen LogP contribution >= 0.6 is 23.8 Å². The van der Waals surface area contributed by atoms with Gasteiger partial charge in [-0.25, -0.2) is 0 Å². The number of nitro groups is 1. The Morgan fingerprint density at radius 3 is 2.47 bits per heavy atom. The number of piperazine rings is 1. The molecule has 0 saturated carbocycles. The van der Waals surface area contributed by atoms with Gasteiger partial charge in [-0.1, -0.05) is 24.9 Å². The quantitative estimate of drug-likeness (QED) is 0.276. The molecular weight excluding hydrogens is 452 g/mol. The van der Waals surface area contributed by atoms with E-state index in [4.69, 9.17) is 28.6 Å². The van der Waals surface area contributed by atoms with E-state index in [9.17, 15) is 14.9 Å². The number of nitrogens with one attached hydrogen (secondary N) is 1. The topological polar surface area (TPSA) is 88.0 Å². The SMILES string of the molecule is CCCCOc1ccc(C(=O)NC(=S)N2CCN(c3ccc([N+](=O)[O-])cc3Cl)CC2)cc1. The molecule has 1 fully saturated rings. The average molecular weight is 477 g/mol. The highest BCUT2D eigenvalue weighted by atomic mass is 35.5. The summed E-state index contributed by atoms with van der Waals surface area (Å²) in [6, 6.07) is 11.4. The Kier molecular flexibility index (Phi) is 8.24. The second-order valence-corrected chi connectivity index (χ2v) is 8.15. The lowest BCUT2D eigenvalue weighted by molar-refractivity contribution is -0.384. The number of ether oxygens (including phenoxy) is 1. The van der Waals surface area contributed by atoms with Gasteiger partial charge in [0, 0.05) is 43.9 Å². The Labute approximate surface area is 197 Å². The molecule has 0 spiro atoms. The average Bonchev–Trinajstić information content (AvgIpc) is 2.79. The van der Waals surface area contributed by atoms with Crippen LogP contribution in [0, 0.1) is 10.1 Å². The lowest BCUT2D eigenvalue weighted by Gasteiger charge is -2.37. The van der Waals surface area contributed by atoms with Gasteiger partial charge in [0.15, 0.2) is 5.11 Å². The van der Waals surface area contributed by atoms with Crippen molar-refractivity contribution >= 4 is 46.2 Å². The first-order valence-corrected chi connectivity index (χ1v) is 11.2. The van der Waals surface area contributed by atoms with Gasteiger partial charge in [-0.3, -0.25) is 20.2 Å². The van der Waals surface area contributed by atoms with Gasteiger partial charge >= 0.3 is 0 Å². The number of halogens is 1. The molecule has 0 bridgehead atoms. The molecule has 2 aromatic carbocycles. The lowest BCUT2D eigenvalue weighted by Crippen LogP contribution is -2.52. The largest absolute Gasteiger partial charge is 0.494 e. The van der Waals surface area contributed by atoms with Crippen molar-refractivity contribution < 1.29 is 14.5 Å². The minimum absolute atomic E-state index is 0.0400. The monoisotopic (exact) mass is 476 g/mol. The van der Waals surface area contributed by atoms with Crippen molar-refractivity contribution in [2.45, 2.75) is 19.8 Å². The first-order chi connectivity index (χ1) is 15.4. The van der Waals surface area contributed by atoms with Crippen LogP contribution in [0.5, 0.6) is 5.75 Å². The summed E-state index contributed by atoms with van der Waals surface area (Å²) < 4.78 is 5.62. The smallest absolute Gasteiger partial charge is 0.271 e. The van der Waals surface area contributed by atoms with Gasteiger partial charge in [0.05, 0.1) is 22.2 Å². The van der Waals surface area contributed by atoms with Crippen LogP contribution in [-0.2, 0) is 0 Å². The van der Waals surface area contributed by atoms with Crippen LogP contribution in [0.15, 0.2) is 42.5 Å². The number of hydrogen-bond acceptors (Lipinski definition) is 6. The Morgan fingerprint density at radius 2 is 1.88 bits per heavy atom. The van der Waals surface area contributed by atoms with Crippen LogP contribution in [-0.4, -0.2) is 53.6 Å². The summed E-state index contributed by atoms with van der Waals surface area (Å²) in [7, 11) is 0. The number of thiocarbonyl (C=S) groups is 1. The number of benzene rings is 2. The maximum Gasteiger partial charge on any atom is 0.271 e. The van der Waals surface area contributed by atoms with E-state index in [1.165, 1.54) is 12.1 Å². The second-order valence-electron chi connectivity index (χ2n) is 7.35. The van der Waals surface area contributed by atoms with Crippen LogP contribution < -0.4 is 15.0 Å². The Hall–Kier alpha value is -2.91. The fourth-order valence-corrected chi connectivity index (χ4v) is 3.87. The molecule has 10 heteroatoms. The molecule has 1 saturated heterocycles. The lowest BCUT2D eigenvalue weighted by atomic mass is 10.2. The van der Waals surface area contributed by atoms with E-state index in [-0.39, 0.29) is 11.6 Å². The van der Waals surface area contributed by atoms with Crippen molar-refractivity contribution in [3.63, 3.8) is 0 Å². The molecule has 1 N–H and O–H groups in total. The number of nitro benzene ring substituents is 1. The Balaban J connectivity index is 1.51. The molecule has 1 heterocycles. The molecule has 0 aromatic heterocycles. The van der Waals surface area contributed by atoms with Crippen molar-refractivity contribution in [2.24, 2.45) is 0 Å². The van der Waals surface area contributed by atoms with Gasteiger partial charge in [-0.2, -0.15) is 0 Å². The molecule has 1 aliphatic rings. The maximum absolute atomic E-state index is 12.5. The standard InChI is InChI=1S/C22H25ClN4O4S/c1-2-3-14-31-18-7-4-16(5-8-18)21(28)24-22(32)26-12-10-25(11-13-26)20-9-6-17(27(29)30)15-19(20)23/h4-9,15H,2-3,10-14H2,1H3,(H,24,28,32). The Morgan fingerprint density at radius 1 is 1.19 bits per heavy atom. The minimum atomic E-state index is -0.470. The molecule has 1 amide bonds. The zero-order valence-electron chi connectivity index (χ0n) is 17.8. The van der Waals surface area contributed by atoms with E-state index in [0.29, 0.717) is 48.5 Å². The normalized spacial score (nSPS) is 13.6. The number of nitrogens with zero attached hydrogens (tertiary/aromatic N) is 3. The predicted octanol–water partition coefficient (Wildman–Crippen LogP) is 4.26. The summed E-state index contributed by atoms with van der Waals surface area (Å²) in [5.41, 5.74) is 1.21. The highest BCUT2D eigenvalue weighted by Gasteiger charge is 2.23. The summed E-state index contributed by atoms with van der Waals surface area (Å²) in [4.78, 5) is 26.9. The molecule has 32 heavy (non-hydrogen) atoms. The molecule has 170 valence electrons. The number of hydrogen-bond donors (Lipinski definition) is 1. The van der Waals surface area contributed by atoms with Gasteiger partial charge in [0.2, 0.25) is 0 Å². The fraction of sp³-hybridized carbons (Fsp3) is 0.364. The molecular formula is C22H25ClN4O4S. The molecule has 2 aromatic rings. The summed E-state index contributed by atoms with van der Waals surface area (Å²) in [6.07, 6.45) is 2.05. The van der Waals surface area contributed by atoms with Crippen molar-refractivity contribution in [3.05, 3.63) is 63.2 Å². The highest BCUT2D eigenvalue weighted by Crippen LogP contribution is 2.30. The number of unbranched alkanes of at least 4 members (excludes halogenated alkanes) is 1. The minimum Gasteiger partial charge on any atom is -0.494 e. The molecule has 0 aliphatic carbocycles.